The second-order valence-electron chi connectivity index (χ2n) is 8.73. The largest absolute Gasteiger partial charge is 0.354 e. The van der Waals surface area contributed by atoms with Crippen LogP contribution in [0.15, 0.2) is 72.8 Å². The summed E-state index contributed by atoms with van der Waals surface area (Å²) in [7, 11) is 0. The van der Waals surface area contributed by atoms with Crippen LogP contribution in [0.3, 0.4) is 0 Å². The molecule has 3 aromatic rings. The number of hydrogen-bond acceptors (Lipinski definition) is 3. The topological polar surface area (TPSA) is 49.4 Å². The van der Waals surface area contributed by atoms with E-state index in [1.807, 2.05) is 54.6 Å². The number of carbonyl (C=O) groups is 2. The van der Waals surface area contributed by atoms with Gasteiger partial charge in [0, 0.05) is 40.3 Å². The third-order valence-electron chi connectivity index (χ3n) is 5.84. The Kier molecular flexibility index (Phi) is 12.1. The Morgan fingerprint density at radius 3 is 2.35 bits per heavy atom. The first-order valence-corrected chi connectivity index (χ1v) is 14.5. The van der Waals surface area contributed by atoms with Crippen molar-refractivity contribution in [2.75, 3.05) is 12.3 Å². The molecular formula is C29H31Cl3N2O2S. The summed E-state index contributed by atoms with van der Waals surface area (Å²) in [4.78, 5) is 28.8. The SMILES string of the molecule is CCCCNC(=O)C(Cc1ccccc1)N(Cc1ccc(Cl)cc1Cl)C(=O)CSCc1cccc(Cl)c1. The van der Waals surface area contributed by atoms with Crippen LogP contribution in [0.2, 0.25) is 15.1 Å². The van der Waals surface area contributed by atoms with Crippen LogP contribution in [0, 0.1) is 0 Å². The maximum absolute atomic E-state index is 13.7. The van der Waals surface area contributed by atoms with Crippen LogP contribution in [0.5, 0.6) is 0 Å². The minimum atomic E-state index is -0.690. The average molecular weight is 578 g/mol. The Morgan fingerprint density at radius 1 is 0.919 bits per heavy atom. The van der Waals surface area contributed by atoms with Crippen LogP contribution < -0.4 is 5.32 Å². The molecule has 0 aliphatic carbocycles. The van der Waals surface area contributed by atoms with Gasteiger partial charge in [-0.3, -0.25) is 9.59 Å². The monoisotopic (exact) mass is 576 g/mol. The zero-order chi connectivity index (χ0) is 26.6. The molecule has 3 aromatic carbocycles. The van der Waals surface area contributed by atoms with Gasteiger partial charge < -0.3 is 10.2 Å². The van der Waals surface area contributed by atoms with E-state index in [-0.39, 0.29) is 24.1 Å². The third-order valence-corrected chi connectivity index (χ3v) is 7.65. The zero-order valence-electron chi connectivity index (χ0n) is 20.8. The minimum Gasteiger partial charge on any atom is -0.354 e. The molecule has 0 fully saturated rings. The molecule has 4 nitrogen and oxygen atoms in total. The highest BCUT2D eigenvalue weighted by molar-refractivity contribution is 7.99. The van der Waals surface area contributed by atoms with E-state index in [2.05, 4.69) is 12.2 Å². The number of hydrogen-bond donors (Lipinski definition) is 1. The fourth-order valence-electron chi connectivity index (χ4n) is 3.86. The Bertz CT molecular complexity index is 1180. The molecule has 0 saturated heterocycles. The normalized spacial score (nSPS) is 11.7. The van der Waals surface area contributed by atoms with Crippen molar-refractivity contribution in [1.82, 2.24) is 10.2 Å². The maximum Gasteiger partial charge on any atom is 0.243 e. The summed E-state index contributed by atoms with van der Waals surface area (Å²) >= 11 is 20.2. The Labute approximate surface area is 238 Å². The van der Waals surface area contributed by atoms with Gasteiger partial charge in [0.2, 0.25) is 11.8 Å². The molecule has 2 amide bonds. The highest BCUT2D eigenvalue weighted by Gasteiger charge is 2.30. The molecule has 0 radical (unpaired) electrons. The second-order valence-corrected chi connectivity index (χ2v) is 11.0. The molecule has 3 rings (SSSR count). The van der Waals surface area contributed by atoms with Crippen molar-refractivity contribution in [2.24, 2.45) is 0 Å². The van der Waals surface area contributed by atoms with Gasteiger partial charge in [-0.1, -0.05) is 96.7 Å². The lowest BCUT2D eigenvalue weighted by Gasteiger charge is -2.32. The van der Waals surface area contributed by atoms with Crippen molar-refractivity contribution in [1.29, 1.82) is 0 Å². The molecule has 196 valence electrons. The van der Waals surface area contributed by atoms with Crippen LogP contribution >= 0.6 is 46.6 Å². The number of rotatable bonds is 13. The van der Waals surface area contributed by atoms with E-state index >= 15 is 0 Å². The van der Waals surface area contributed by atoms with Crippen LogP contribution in [0.25, 0.3) is 0 Å². The maximum atomic E-state index is 13.7. The summed E-state index contributed by atoms with van der Waals surface area (Å²) in [6, 6.07) is 21.8. The Balaban J connectivity index is 1.86. The lowest BCUT2D eigenvalue weighted by molar-refractivity contribution is -0.139. The van der Waals surface area contributed by atoms with Crippen molar-refractivity contribution < 1.29 is 9.59 Å². The predicted molar refractivity (Wildman–Crippen MR) is 156 cm³/mol. The number of halogens is 3. The van der Waals surface area contributed by atoms with E-state index in [0.717, 1.165) is 29.5 Å². The number of nitrogens with zero attached hydrogens (tertiary/aromatic N) is 1. The van der Waals surface area contributed by atoms with Gasteiger partial charge in [0.15, 0.2) is 0 Å². The van der Waals surface area contributed by atoms with Crippen molar-refractivity contribution in [2.45, 2.75) is 44.5 Å². The van der Waals surface area contributed by atoms with Crippen molar-refractivity contribution in [3.05, 3.63) is 105 Å². The molecule has 1 N–H and O–H groups in total. The minimum absolute atomic E-state index is 0.135. The van der Waals surface area contributed by atoms with Crippen LogP contribution in [-0.4, -0.2) is 35.1 Å². The van der Waals surface area contributed by atoms with E-state index in [1.165, 1.54) is 11.8 Å². The fraction of sp³-hybridized carbons (Fsp3) is 0.310. The number of unbranched alkanes of at least 4 members (excludes halogenated alkanes) is 1. The average Bonchev–Trinajstić information content (AvgIpc) is 2.88. The molecular weight excluding hydrogens is 547 g/mol. The lowest BCUT2D eigenvalue weighted by atomic mass is 10.0. The van der Waals surface area contributed by atoms with E-state index < -0.39 is 6.04 Å². The molecule has 0 saturated carbocycles. The number of benzene rings is 3. The molecule has 0 heterocycles. The highest BCUT2D eigenvalue weighted by Crippen LogP contribution is 2.25. The Morgan fingerprint density at radius 2 is 1.65 bits per heavy atom. The molecule has 0 bridgehead atoms. The van der Waals surface area contributed by atoms with Gasteiger partial charge in [0.25, 0.3) is 0 Å². The first-order valence-electron chi connectivity index (χ1n) is 12.2. The summed E-state index contributed by atoms with van der Waals surface area (Å²) in [5.74, 6) is 0.541. The van der Waals surface area contributed by atoms with Gasteiger partial charge in [-0.2, -0.15) is 0 Å². The second kappa shape index (κ2) is 15.3. The number of amides is 2. The molecule has 8 heteroatoms. The van der Waals surface area contributed by atoms with E-state index in [4.69, 9.17) is 34.8 Å². The standard InChI is InChI=1S/C29H31Cl3N2O2S/c1-2-3-14-33-29(36)27(16-21-8-5-4-6-9-21)34(18-23-12-13-25(31)17-26(23)32)28(35)20-37-19-22-10-7-11-24(30)15-22/h4-13,15,17,27H,2-3,14,16,18-20H2,1H3,(H,33,36). The predicted octanol–water partition coefficient (Wildman–Crippen LogP) is 7.44. The molecule has 1 atom stereocenters. The first kappa shape index (κ1) is 29.4. The summed E-state index contributed by atoms with van der Waals surface area (Å²) in [6.45, 7) is 2.84. The van der Waals surface area contributed by atoms with Crippen molar-refractivity contribution in [3.8, 4) is 0 Å². The van der Waals surface area contributed by atoms with Gasteiger partial charge >= 0.3 is 0 Å². The molecule has 0 spiro atoms. The van der Waals surface area contributed by atoms with Gasteiger partial charge in [-0.05, 0) is 47.4 Å². The number of carbonyl (C=O) groups excluding carboxylic acids is 2. The van der Waals surface area contributed by atoms with Gasteiger partial charge in [-0.25, -0.2) is 0 Å². The first-order chi connectivity index (χ1) is 17.9. The third kappa shape index (κ3) is 9.57. The molecule has 37 heavy (non-hydrogen) atoms. The van der Waals surface area contributed by atoms with Crippen molar-refractivity contribution in [3.63, 3.8) is 0 Å². The highest BCUT2D eigenvalue weighted by atomic mass is 35.5. The summed E-state index contributed by atoms with van der Waals surface area (Å²) in [5.41, 5.74) is 2.75. The van der Waals surface area contributed by atoms with Crippen molar-refractivity contribution >= 4 is 58.4 Å². The van der Waals surface area contributed by atoms with E-state index in [9.17, 15) is 9.59 Å². The number of nitrogens with one attached hydrogen (secondary N) is 1. The quantitative estimate of drug-likeness (QED) is 0.215. The number of thioether (sulfide) groups is 1. The molecule has 0 aromatic heterocycles. The Hall–Kier alpha value is -2.18. The van der Waals surface area contributed by atoms with E-state index in [1.54, 1.807) is 23.1 Å². The van der Waals surface area contributed by atoms with Crippen LogP contribution in [-0.2, 0) is 28.3 Å². The van der Waals surface area contributed by atoms with Crippen LogP contribution in [0.1, 0.15) is 36.5 Å². The summed E-state index contributed by atoms with van der Waals surface area (Å²) in [5, 5.41) is 4.67. The van der Waals surface area contributed by atoms with Crippen LogP contribution in [0.4, 0.5) is 0 Å². The molecule has 1 unspecified atom stereocenters. The van der Waals surface area contributed by atoms with Gasteiger partial charge in [0.05, 0.1) is 5.75 Å². The lowest BCUT2D eigenvalue weighted by Crippen LogP contribution is -2.51. The zero-order valence-corrected chi connectivity index (χ0v) is 23.8. The fourth-order valence-corrected chi connectivity index (χ4v) is 5.40. The smallest absolute Gasteiger partial charge is 0.243 e. The molecule has 0 aliphatic rings. The summed E-state index contributed by atoms with van der Waals surface area (Å²) in [6.07, 6.45) is 2.23. The van der Waals surface area contributed by atoms with Gasteiger partial charge in [0.1, 0.15) is 6.04 Å². The summed E-state index contributed by atoms with van der Waals surface area (Å²) < 4.78 is 0. The van der Waals surface area contributed by atoms with Gasteiger partial charge in [-0.15, -0.1) is 11.8 Å². The van der Waals surface area contributed by atoms with E-state index in [0.29, 0.717) is 33.8 Å². The molecule has 0 aliphatic heterocycles.